The summed E-state index contributed by atoms with van der Waals surface area (Å²) in [5.74, 6) is 0.544. The number of benzene rings is 1. The van der Waals surface area contributed by atoms with Crippen molar-refractivity contribution < 1.29 is 14.3 Å². The number of nitrogens with zero attached hydrogens (tertiary/aromatic N) is 1. The fraction of sp³-hybridized carbons (Fsp3) is 0.200. The fourth-order valence-electron chi connectivity index (χ4n) is 2.56. The second kappa shape index (κ2) is 9.34. The van der Waals surface area contributed by atoms with Crippen molar-refractivity contribution in [1.29, 1.82) is 0 Å². The molecule has 140 valence electrons. The van der Waals surface area contributed by atoms with Crippen LogP contribution >= 0.6 is 22.7 Å². The van der Waals surface area contributed by atoms with Crippen LogP contribution in [-0.2, 0) is 11.3 Å². The van der Waals surface area contributed by atoms with E-state index in [1.54, 1.807) is 34.8 Å². The molecule has 3 rings (SSSR count). The third-order valence-corrected chi connectivity index (χ3v) is 5.53. The Kier molecular flexibility index (Phi) is 6.62. The molecule has 0 saturated carbocycles. The molecule has 5 nitrogen and oxygen atoms in total. The number of nitrogens with one attached hydrogen (secondary N) is 1. The third-order valence-electron chi connectivity index (χ3n) is 3.99. The molecule has 2 heterocycles. The molecule has 1 aromatic carbocycles. The summed E-state index contributed by atoms with van der Waals surface area (Å²) in [6, 6.07) is 13.2. The molecule has 7 heteroatoms. The van der Waals surface area contributed by atoms with Crippen molar-refractivity contribution in [2.75, 3.05) is 18.6 Å². The number of ether oxygens (including phenoxy) is 1. The predicted octanol–water partition coefficient (Wildman–Crippen LogP) is 4.17. The molecule has 2 amide bonds. The number of carbonyl (C=O) groups is 2. The molecule has 1 N–H and O–H groups in total. The van der Waals surface area contributed by atoms with Crippen LogP contribution in [0.2, 0.25) is 0 Å². The number of anilines is 1. The van der Waals surface area contributed by atoms with Gasteiger partial charge in [-0.3, -0.25) is 9.59 Å². The van der Waals surface area contributed by atoms with Gasteiger partial charge in [0.25, 0.3) is 5.91 Å². The van der Waals surface area contributed by atoms with E-state index in [2.05, 4.69) is 5.32 Å². The van der Waals surface area contributed by atoms with Gasteiger partial charge in [0.05, 0.1) is 13.7 Å². The van der Waals surface area contributed by atoms with Gasteiger partial charge in [0, 0.05) is 34.5 Å². The summed E-state index contributed by atoms with van der Waals surface area (Å²) in [7, 11) is 1.61. The summed E-state index contributed by atoms with van der Waals surface area (Å²) in [5.41, 5.74) is 1.43. The summed E-state index contributed by atoms with van der Waals surface area (Å²) in [4.78, 5) is 27.7. The van der Waals surface area contributed by atoms with Crippen molar-refractivity contribution in [1.82, 2.24) is 5.32 Å². The van der Waals surface area contributed by atoms with Gasteiger partial charge in [-0.2, -0.15) is 11.3 Å². The first-order valence-corrected chi connectivity index (χ1v) is 10.3. The van der Waals surface area contributed by atoms with E-state index in [-0.39, 0.29) is 18.2 Å². The third kappa shape index (κ3) is 5.18. The first-order valence-electron chi connectivity index (χ1n) is 8.44. The smallest absolute Gasteiger partial charge is 0.252 e. The summed E-state index contributed by atoms with van der Waals surface area (Å²) < 4.78 is 5.19. The lowest BCUT2D eigenvalue weighted by molar-refractivity contribution is -0.118. The van der Waals surface area contributed by atoms with Crippen LogP contribution < -0.4 is 15.0 Å². The molecule has 27 heavy (non-hydrogen) atoms. The van der Waals surface area contributed by atoms with Gasteiger partial charge >= 0.3 is 0 Å². The Morgan fingerprint density at radius 1 is 1.11 bits per heavy atom. The predicted molar refractivity (Wildman–Crippen MR) is 110 cm³/mol. The normalized spacial score (nSPS) is 10.4. The van der Waals surface area contributed by atoms with Gasteiger partial charge in [-0.05, 0) is 47.2 Å². The van der Waals surface area contributed by atoms with Crippen LogP contribution in [0.25, 0.3) is 0 Å². The van der Waals surface area contributed by atoms with Crippen LogP contribution in [0, 0.1) is 0 Å². The van der Waals surface area contributed by atoms with Crippen LogP contribution in [0.1, 0.15) is 21.7 Å². The van der Waals surface area contributed by atoms with Gasteiger partial charge in [0.1, 0.15) is 5.75 Å². The zero-order valence-electron chi connectivity index (χ0n) is 14.9. The van der Waals surface area contributed by atoms with Crippen LogP contribution in [-0.4, -0.2) is 25.5 Å². The van der Waals surface area contributed by atoms with Gasteiger partial charge in [-0.1, -0.05) is 6.07 Å². The number of rotatable bonds is 8. The van der Waals surface area contributed by atoms with E-state index in [1.807, 2.05) is 47.2 Å². The van der Waals surface area contributed by atoms with Crippen molar-refractivity contribution in [2.24, 2.45) is 0 Å². The van der Waals surface area contributed by atoms with E-state index in [0.717, 1.165) is 16.3 Å². The Morgan fingerprint density at radius 2 is 1.93 bits per heavy atom. The van der Waals surface area contributed by atoms with Crippen LogP contribution in [0.15, 0.2) is 58.6 Å². The largest absolute Gasteiger partial charge is 0.497 e. The summed E-state index contributed by atoms with van der Waals surface area (Å²) in [5, 5.41) is 8.44. The summed E-state index contributed by atoms with van der Waals surface area (Å²) in [6.07, 6.45) is 0.229. The molecule has 0 unspecified atom stereocenters. The molecule has 0 spiro atoms. The number of hydrogen-bond acceptors (Lipinski definition) is 5. The van der Waals surface area contributed by atoms with Gasteiger partial charge in [-0.15, -0.1) is 11.3 Å². The topological polar surface area (TPSA) is 58.6 Å². The second-order valence-electron chi connectivity index (χ2n) is 5.78. The van der Waals surface area contributed by atoms with E-state index < -0.39 is 0 Å². The fourth-order valence-corrected chi connectivity index (χ4v) is 3.89. The highest BCUT2D eigenvalue weighted by molar-refractivity contribution is 7.09. The van der Waals surface area contributed by atoms with Crippen LogP contribution in [0.3, 0.4) is 0 Å². The van der Waals surface area contributed by atoms with Crippen molar-refractivity contribution in [3.05, 3.63) is 69.0 Å². The monoisotopic (exact) mass is 400 g/mol. The number of hydrogen-bond donors (Lipinski definition) is 1. The minimum absolute atomic E-state index is 0.0424. The quantitative estimate of drug-likeness (QED) is 0.617. The first kappa shape index (κ1) is 19.1. The average molecular weight is 401 g/mol. The van der Waals surface area contributed by atoms with Crippen molar-refractivity contribution in [3.63, 3.8) is 0 Å². The molecular weight excluding hydrogens is 380 g/mol. The van der Waals surface area contributed by atoms with E-state index in [4.69, 9.17) is 4.74 Å². The van der Waals surface area contributed by atoms with Gasteiger partial charge in [0.2, 0.25) is 5.91 Å². The lowest BCUT2D eigenvalue weighted by atomic mass is 10.2. The maximum absolute atomic E-state index is 12.8. The standard InChI is InChI=1S/C20H20N2O3S2/c1-25-17-6-4-16(5-7-17)22(13-18-3-2-11-27-18)19(23)8-10-21-20(24)15-9-12-26-14-15/h2-7,9,11-12,14H,8,10,13H2,1H3,(H,21,24). The molecule has 0 radical (unpaired) electrons. The highest BCUT2D eigenvalue weighted by Crippen LogP contribution is 2.23. The molecule has 0 fully saturated rings. The minimum Gasteiger partial charge on any atom is -0.497 e. The highest BCUT2D eigenvalue weighted by Gasteiger charge is 2.17. The Labute approximate surface area is 166 Å². The van der Waals surface area contributed by atoms with Crippen LogP contribution in [0.4, 0.5) is 5.69 Å². The molecular formula is C20H20N2O3S2. The molecule has 0 aliphatic rings. The number of methoxy groups -OCH3 is 1. The first-order chi connectivity index (χ1) is 13.2. The Bertz CT molecular complexity index is 859. The lowest BCUT2D eigenvalue weighted by Crippen LogP contribution is -2.34. The van der Waals surface area contributed by atoms with Gasteiger partial charge < -0.3 is 15.0 Å². The van der Waals surface area contributed by atoms with E-state index in [9.17, 15) is 9.59 Å². The highest BCUT2D eigenvalue weighted by atomic mass is 32.1. The number of thiophene rings is 2. The van der Waals surface area contributed by atoms with E-state index in [1.165, 1.54) is 11.3 Å². The van der Waals surface area contributed by atoms with Gasteiger partial charge in [0.15, 0.2) is 0 Å². The second-order valence-corrected chi connectivity index (χ2v) is 7.59. The Hall–Kier alpha value is -2.64. The van der Waals surface area contributed by atoms with Gasteiger partial charge in [-0.25, -0.2) is 0 Å². The number of carbonyl (C=O) groups excluding carboxylic acids is 2. The number of amides is 2. The zero-order valence-corrected chi connectivity index (χ0v) is 16.5. The minimum atomic E-state index is -0.154. The van der Waals surface area contributed by atoms with Crippen molar-refractivity contribution in [2.45, 2.75) is 13.0 Å². The molecule has 2 aromatic heterocycles. The maximum atomic E-state index is 12.8. The molecule has 0 atom stereocenters. The molecule has 0 aliphatic carbocycles. The molecule has 0 bridgehead atoms. The van der Waals surface area contributed by atoms with Crippen molar-refractivity contribution in [3.8, 4) is 5.75 Å². The molecule has 3 aromatic rings. The van der Waals surface area contributed by atoms with E-state index in [0.29, 0.717) is 18.7 Å². The SMILES string of the molecule is COc1ccc(N(Cc2cccs2)C(=O)CCNC(=O)c2ccsc2)cc1. The zero-order chi connectivity index (χ0) is 19.1. The summed E-state index contributed by atoms with van der Waals surface area (Å²) in [6.45, 7) is 0.798. The van der Waals surface area contributed by atoms with Crippen molar-refractivity contribution >= 4 is 40.2 Å². The maximum Gasteiger partial charge on any atom is 0.252 e. The molecule has 0 saturated heterocycles. The molecule has 0 aliphatic heterocycles. The lowest BCUT2D eigenvalue weighted by Gasteiger charge is -2.23. The van der Waals surface area contributed by atoms with Crippen LogP contribution in [0.5, 0.6) is 5.75 Å². The Morgan fingerprint density at radius 3 is 2.56 bits per heavy atom. The van der Waals surface area contributed by atoms with E-state index >= 15 is 0 Å². The Balaban J connectivity index is 1.65. The average Bonchev–Trinajstić information content (AvgIpc) is 3.40. The summed E-state index contributed by atoms with van der Waals surface area (Å²) >= 11 is 3.08.